The predicted molar refractivity (Wildman–Crippen MR) is 86.3 cm³/mol. The zero-order valence-electron chi connectivity index (χ0n) is 12.1. The molecule has 0 saturated carbocycles. The number of aryl methyl sites for hydroxylation is 1. The minimum absolute atomic E-state index is 0.259. The van der Waals surface area contributed by atoms with Crippen LogP contribution in [0.25, 0.3) is 0 Å². The van der Waals surface area contributed by atoms with Crippen LogP contribution in [0.2, 0.25) is 0 Å². The second kappa shape index (κ2) is 7.79. The lowest BCUT2D eigenvalue weighted by molar-refractivity contribution is -0.130. The van der Waals surface area contributed by atoms with Gasteiger partial charge in [0.25, 0.3) is 0 Å². The monoisotopic (exact) mass is 338 g/mol. The molecule has 1 aliphatic heterocycles. The van der Waals surface area contributed by atoms with Crippen molar-refractivity contribution in [2.75, 3.05) is 38.1 Å². The van der Waals surface area contributed by atoms with Gasteiger partial charge in [0.15, 0.2) is 0 Å². The van der Waals surface area contributed by atoms with E-state index in [0.29, 0.717) is 6.42 Å². The van der Waals surface area contributed by atoms with Crippen molar-refractivity contribution in [1.29, 1.82) is 0 Å². The van der Waals surface area contributed by atoms with Crippen LogP contribution in [0.3, 0.4) is 0 Å². The summed E-state index contributed by atoms with van der Waals surface area (Å²) in [7, 11) is 0. The number of carbonyl (C=O) groups excluding carboxylic acids is 1. The number of rotatable bonds is 4. The molecule has 1 heterocycles. The topological polar surface area (TPSA) is 23.6 Å². The van der Waals surface area contributed by atoms with E-state index in [1.807, 2.05) is 4.90 Å². The smallest absolute Gasteiger partial charge is 0.227 e. The summed E-state index contributed by atoms with van der Waals surface area (Å²) in [5.41, 5.74) is 2.35. The van der Waals surface area contributed by atoms with Crippen LogP contribution in [-0.2, 0) is 11.2 Å². The first-order chi connectivity index (χ1) is 9.69. The van der Waals surface area contributed by atoms with E-state index in [1.54, 1.807) is 0 Å². The molecule has 20 heavy (non-hydrogen) atoms. The lowest BCUT2D eigenvalue weighted by Crippen LogP contribution is -2.36. The summed E-state index contributed by atoms with van der Waals surface area (Å²) in [6.07, 6.45) is 1.60. The van der Waals surface area contributed by atoms with Gasteiger partial charge in [-0.25, -0.2) is 0 Å². The van der Waals surface area contributed by atoms with E-state index in [-0.39, 0.29) is 5.91 Å². The highest BCUT2D eigenvalue weighted by molar-refractivity contribution is 9.09. The highest BCUT2D eigenvalue weighted by Gasteiger charge is 2.18. The molecular formula is C16H23BrN2O. The summed E-state index contributed by atoms with van der Waals surface area (Å²) in [5.74, 6) is 0.259. The summed E-state index contributed by atoms with van der Waals surface area (Å²) in [4.78, 5) is 16.8. The van der Waals surface area contributed by atoms with Gasteiger partial charge < -0.3 is 9.80 Å². The zero-order chi connectivity index (χ0) is 14.4. The average molecular weight is 339 g/mol. The highest BCUT2D eigenvalue weighted by atomic mass is 79.9. The Hall–Kier alpha value is -0.870. The van der Waals surface area contributed by atoms with Gasteiger partial charge in [-0.3, -0.25) is 4.79 Å². The standard InChI is InChI=1S/C16H23BrN2O/c1-14-3-5-15(6-4-14)13-16(20)19-9-2-8-18(10-7-17)11-12-19/h3-6H,2,7-13H2,1H3. The Labute approximate surface area is 130 Å². The molecule has 1 aliphatic rings. The van der Waals surface area contributed by atoms with Crippen molar-refractivity contribution in [2.24, 2.45) is 0 Å². The SMILES string of the molecule is Cc1ccc(CC(=O)N2CCCN(CCBr)CC2)cc1. The van der Waals surface area contributed by atoms with Gasteiger partial charge in [-0.15, -0.1) is 0 Å². The van der Waals surface area contributed by atoms with Gasteiger partial charge in [-0.1, -0.05) is 45.8 Å². The van der Waals surface area contributed by atoms with Crippen LogP contribution in [0.5, 0.6) is 0 Å². The molecule has 0 radical (unpaired) electrons. The average Bonchev–Trinajstić information content (AvgIpc) is 2.67. The lowest BCUT2D eigenvalue weighted by atomic mass is 10.1. The van der Waals surface area contributed by atoms with Crippen molar-refractivity contribution >= 4 is 21.8 Å². The van der Waals surface area contributed by atoms with Crippen molar-refractivity contribution in [2.45, 2.75) is 19.8 Å². The fourth-order valence-corrected chi connectivity index (χ4v) is 3.06. The molecule has 1 aromatic carbocycles. The first-order valence-electron chi connectivity index (χ1n) is 7.30. The molecule has 110 valence electrons. The van der Waals surface area contributed by atoms with Gasteiger partial charge in [-0.2, -0.15) is 0 Å². The van der Waals surface area contributed by atoms with Crippen LogP contribution < -0.4 is 0 Å². The van der Waals surface area contributed by atoms with Gasteiger partial charge in [0.2, 0.25) is 5.91 Å². The Morgan fingerprint density at radius 1 is 1.15 bits per heavy atom. The Morgan fingerprint density at radius 2 is 1.90 bits per heavy atom. The highest BCUT2D eigenvalue weighted by Crippen LogP contribution is 2.09. The molecule has 0 aromatic heterocycles. The van der Waals surface area contributed by atoms with Crippen LogP contribution in [0.1, 0.15) is 17.5 Å². The van der Waals surface area contributed by atoms with Gasteiger partial charge in [-0.05, 0) is 25.5 Å². The number of hydrogen-bond donors (Lipinski definition) is 0. The minimum atomic E-state index is 0.259. The van der Waals surface area contributed by atoms with Crippen molar-refractivity contribution in [3.8, 4) is 0 Å². The third-order valence-electron chi connectivity index (χ3n) is 3.82. The number of nitrogens with zero attached hydrogens (tertiary/aromatic N) is 2. The summed E-state index contributed by atoms with van der Waals surface area (Å²) in [6, 6.07) is 8.26. The maximum Gasteiger partial charge on any atom is 0.227 e. The summed E-state index contributed by atoms with van der Waals surface area (Å²) < 4.78 is 0. The van der Waals surface area contributed by atoms with Crippen LogP contribution >= 0.6 is 15.9 Å². The Kier molecular flexibility index (Phi) is 6.05. The van der Waals surface area contributed by atoms with Gasteiger partial charge in [0.1, 0.15) is 0 Å². The van der Waals surface area contributed by atoms with Crippen LogP contribution in [0, 0.1) is 6.92 Å². The third-order valence-corrected chi connectivity index (χ3v) is 4.17. The minimum Gasteiger partial charge on any atom is -0.341 e. The number of benzene rings is 1. The normalized spacial score (nSPS) is 17.0. The largest absolute Gasteiger partial charge is 0.341 e. The van der Waals surface area contributed by atoms with Gasteiger partial charge >= 0.3 is 0 Å². The first-order valence-corrected chi connectivity index (χ1v) is 8.43. The number of alkyl halides is 1. The molecule has 4 heteroatoms. The molecule has 2 rings (SSSR count). The molecule has 0 atom stereocenters. The maximum atomic E-state index is 12.4. The van der Waals surface area contributed by atoms with E-state index in [9.17, 15) is 4.79 Å². The van der Waals surface area contributed by atoms with Crippen LogP contribution in [-0.4, -0.2) is 53.8 Å². The maximum absolute atomic E-state index is 12.4. The summed E-state index contributed by atoms with van der Waals surface area (Å²) in [5, 5.41) is 1.00. The number of halogens is 1. The lowest BCUT2D eigenvalue weighted by Gasteiger charge is -2.21. The van der Waals surface area contributed by atoms with Crippen molar-refractivity contribution in [3.05, 3.63) is 35.4 Å². The molecule has 1 aromatic rings. The number of carbonyl (C=O) groups is 1. The fraction of sp³-hybridized carbons (Fsp3) is 0.562. The van der Waals surface area contributed by atoms with E-state index in [2.05, 4.69) is 52.0 Å². The van der Waals surface area contributed by atoms with Crippen molar-refractivity contribution < 1.29 is 4.79 Å². The van der Waals surface area contributed by atoms with E-state index in [1.165, 1.54) is 5.56 Å². The molecule has 0 N–H and O–H groups in total. The predicted octanol–water partition coefficient (Wildman–Crippen LogP) is 2.47. The second-order valence-electron chi connectivity index (χ2n) is 5.43. The van der Waals surface area contributed by atoms with Gasteiger partial charge in [0, 0.05) is 31.5 Å². The zero-order valence-corrected chi connectivity index (χ0v) is 13.7. The van der Waals surface area contributed by atoms with Crippen LogP contribution in [0.15, 0.2) is 24.3 Å². The Bertz CT molecular complexity index is 433. The molecule has 0 unspecified atom stereocenters. The Morgan fingerprint density at radius 3 is 2.60 bits per heavy atom. The fourth-order valence-electron chi connectivity index (χ4n) is 2.56. The molecule has 0 bridgehead atoms. The molecule has 0 spiro atoms. The second-order valence-corrected chi connectivity index (χ2v) is 6.22. The van der Waals surface area contributed by atoms with Crippen LogP contribution in [0.4, 0.5) is 0 Å². The van der Waals surface area contributed by atoms with E-state index >= 15 is 0 Å². The number of amides is 1. The Balaban J connectivity index is 1.87. The van der Waals surface area contributed by atoms with Gasteiger partial charge in [0.05, 0.1) is 6.42 Å². The molecule has 1 saturated heterocycles. The van der Waals surface area contributed by atoms with E-state index in [4.69, 9.17) is 0 Å². The van der Waals surface area contributed by atoms with Crippen molar-refractivity contribution in [1.82, 2.24) is 9.80 Å². The molecule has 1 amide bonds. The molecule has 0 aliphatic carbocycles. The number of hydrogen-bond acceptors (Lipinski definition) is 2. The summed E-state index contributed by atoms with van der Waals surface area (Å²) in [6.45, 7) is 6.98. The molecule has 1 fully saturated rings. The van der Waals surface area contributed by atoms with Crippen molar-refractivity contribution in [3.63, 3.8) is 0 Å². The van der Waals surface area contributed by atoms with E-state index < -0.39 is 0 Å². The molecular weight excluding hydrogens is 316 g/mol. The third kappa shape index (κ3) is 4.60. The summed E-state index contributed by atoms with van der Waals surface area (Å²) >= 11 is 3.48. The van der Waals surface area contributed by atoms with E-state index in [0.717, 1.165) is 50.0 Å². The molecule has 3 nitrogen and oxygen atoms in total. The first kappa shape index (κ1) is 15.5. The quantitative estimate of drug-likeness (QED) is 0.787.